The van der Waals surface area contributed by atoms with Gasteiger partial charge in [0, 0.05) is 30.4 Å². The highest BCUT2D eigenvalue weighted by atomic mass is 35.5. The predicted molar refractivity (Wildman–Crippen MR) is 106 cm³/mol. The van der Waals surface area contributed by atoms with Crippen molar-refractivity contribution in [3.05, 3.63) is 52.7 Å². The maximum atomic E-state index is 12.7. The van der Waals surface area contributed by atoms with Gasteiger partial charge in [0.05, 0.1) is 5.92 Å². The molecule has 2 aliphatic heterocycles. The zero-order valence-electron chi connectivity index (χ0n) is 15.5. The summed E-state index contributed by atoms with van der Waals surface area (Å²) < 4.78 is 5.75. The van der Waals surface area contributed by atoms with Crippen molar-refractivity contribution in [2.24, 2.45) is 5.92 Å². The molecule has 1 aromatic heterocycles. The second kappa shape index (κ2) is 7.77. The highest BCUT2D eigenvalue weighted by Crippen LogP contribution is 2.30. The second-order valence-electron chi connectivity index (χ2n) is 7.43. The number of benzene rings is 1. The van der Waals surface area contributed by atoms with Crippen LogP contribution in [0.1, 0.15) is 24.0 Å². The number of piperidine rings is 1. The zero-order chi connectivity index (χ0) is 18.8. The zero-order valence-corrected chi connectivity index (χ0v) is 16.2. The van der Waals surface area contributed by atoms with Crippen molar-refractivity contribution in [3.8, 4) is 5.75 Å². The highest BCUT2D eigenvalue weighted by Gasteiger charge is 2.29. The quantitative estimate of drug-likeness (QED) is 0.880. The third-order valence-electron chi connectivity index (χ3n) is 5.36. The molecular formula is C21H24ClN3O2. The van der Waals surface area contributed by atoms with Crippen LogP contribution in [0, 0.1) is 12.8 Å². The molecule has 1 saturated heterocycles. The maximum absolute atomic E-state index is 12.7. The molecule has 0 saturated carbocycles. The number of halogens is 1. The maximum Gasteiger partial charge on any atom is 0.227 e. The molecule has 5 nitrogen and oxygen atoms in total. The molecule has 0 spiro atoms. The van der Waals surface area contributed by atoms with E-state index in [0.29, 0.717) is 18.1 Å². The number of fused-ring (bicyclic) bond motifs is 1. The second-order valence-corrected chi connectivity index (χ2v) is 7.86. The van der Waals surface area contributed by atoms with E-state index >= 15 is 0 Å². The molecule has 1 unspecified atom stereocenters. The molecule has 4 rings (SSSR count). The number of aromatic nitrogens is 1. The number of pyridine rings is 1. The number of nitrogens with one attached hydrogen (secondary N) is 1. The lowest BCUT2D eigenvalue weighted by Gasteiger charge is -2.34. The monoisotopic (exact) mass is 385 g/mol. The first-order valence-electron chi connectivity index (χ1n) is 9.48. The summed E-state index contributed by atoms with van der Waals surface area (Å²) in [7, 11) is 0. The molecule has 1 aromatic carbocycles. The van der Waals surface area contributed by atoms with Crippen LogP contribution in [0.4, 0.5) is 5.82 Å². The van der Waals surface area contributed by atoms with E-state index in [0.717, 1.165) is 43.1 Å². The van der Waals surface area contributed by atoms with Gasteiger partial charge in [0.15, 0.2) is 0 Å². The molecule has 6 heteroatoms. The average Bonchev–Trinajstić information content (AvgIpc) is 2.68. The minimum Gasteiger partial charge on any atom is -0.492 e. The first-order chi connectivity index (χ1) is 13.1. The molecule has 142 valence electrons. The van der Waals surface area contributed by atoms with Gasteiger partial charge >= 0.3 is 0 Å². The van der Waals surface area contributed by atoms with Crippen molar-refractivity contribution >= 4 is 23.3 Å². The van der Waals surface area contributed by atoms with Crippen LogP contribution in [-0.2, 0) is 11.2 Å². The molecule has 2 aliphatic rings. The van der Waals surface area contributed by atoms with Crippen molar-refractivity contribution < 1.29 is 9.53 Å². The summed E-state index contributed by atoms with van der Waals surface area (Å²) in [5, 5.41) is 3.89. The Morgan fingerprint density at radius 3 is 2.81 bits per heavy atom. The minimum atomic E-state index is -0.159. The summed E-state index contributed by atoms with van der Waals surface area (Å²) in [5.74, 6) is 1.77. The van der Waals surface area contributed by atoms with Gasteiger partial charge < -0.3 is 15.0 Å². The van der Waals surface area contributed by atoms with Gasteiger partial charge in [-0.15, -0.1) is 0 Å². The van der Waals surface area contributed by atoms with Gasteiger partial charge in [0.1, 0.15) is 18.2 Å². The van der Waals surface area contributed by atoms with Gasteiger partial charge in [-0.2, -0.15) is 0 Å². The third kappa shape index (κ3) is 4.19. The fourth-order valence-electron chi connectivity index (χ4n) is 3.75. The van der Waals surface area contributed by atoms with Crippen LogP contribution in [0.5, 0.6) is 5.75 Å². The standard InChI is InChI=1S/C21H24ClN3O2/c1-14-2-5-20(23-12-14)25-8-6-18(7-9-25)24-21(26)16-10-15-11-17(22)3-4-19(15)27-13-16/h2-5,11-12,16,18H,6-10,13H2,1H3,(H,24,26). The molecule has 1 N–H and O–H groups in total. The van der Waals surface area contributed by atoms with Crippen LogP contribution in [0.2, 0.25) is 5.02 Å². The molecule has 3 heterocycles. The molecule has 1 amide bonds. The number of amides is 1. The summed E-state index contributed by atoms with van der Waals surface area (Å²) in [6.45, 7) is 4.27. The van der Waals surface area contributed by atoms with E-state index in [-0.39, 0.29) is 17.9 Å². The SMILES string of the molecule is Cc1ccc(N2CCC(NC(=O)C3COc4ccc(Cl)cc4C3)CC2)nc1. The number of rotatable bonds is 3. The predicted octanol–water partition coefficient (Wildman–Crippen LogP) is 3.38. The molecule has 1 fully saturated rings. The van der Waals surface area contributed by atoms with Gasteiger partial charge in [0.25, 0.3) is 0 Å². The molecule has 0 aliphatic carbocycles. The Bertz CT molecular complexity index is 817. The summed E-state index contributed by atoms with van der Waals surface area (Å²) in [6.07, 6.45) is 4.43. The number of hydrogen-bond donors (Lipinski definition) is 1. The highest BCUT2D eigenvalue weighted by molar-refractivity contribution is 6.30. The molecular weight excluding hydrogens is 362 g/mol. The van der Waals surface area contributed by atoms with Crippen molar-refractivity contribution in [3.63, 3.8) is 0 Å². The normalized spacial score (nSPS) is 19.9. The Morgan fingerprint density at radius 2 is 2.07 bits per heavy atom. The summed E-state index contributed by atoms with van der Waals surface area (Å²) >= 11 is 6.07. The third-order valence-corrected chi connectivity index (χ3v) is 5.60. The fourth-order valence-corrected chi connectivity index (χ4v) is 3.95. The van der Waals surface area contributed by atoms with Gasteiger partial charge in [-0.05, 0) is 61.6 Å². The molecule has 0 bridgehead atoms. The lowest BCUT2D eigenvalue weighted by atomic mass is 9.95. The van der Waals surface area contributed by atoms with Crippen LogP contribution in [0.25, 0.3) is 0 Å². The Hall–Kier alpha value is -2.27. The first kappa shape index (κ1) is 18.1. The first-order valence-corrected chi connectivity index (χ1v) is 9.85. The number of hydrogen-bond acceptors (Lipinski definition) is 4. The minimum absolute atomic E-state index is 0.0764. The molecule has 1 atom stereocenters. The lowest BCUT2D eigenvalue weighted by Crippen LogP contribution is -2.48. The van der Waals surface area contributed by atoms with E-state index in [9.17, 15) is 4.79 Å². The van der Waals surface area contributed by atoms with Gasteiger partial charge in [-0.3, -0.25) is 4.79 Å². The van der Waals surface area contributed by atoms with Gasteiger partial charge in [0.2, 0.25) is 5.91 Å². The van der Waals surface area contributed by atoms with E-state index in [2.05, 4.69) is 27.3 Å². The number of nitrogens with zero attached hydrogens (tertiary/aromatic N) is 2. The molecule has 27 heavy (non-hydrogen) atoms. The largest absolute Gasteiger partial charge is 0.492 e. The number of carbonyl (C=O) groups is 1. The van der Waals surface area contributed by atoms with Crippen LogP contribution in [0.3, 0.4) is 0 Å². The molecule has 0 radical (unpaired) electrons. The van der Waals surface area contributed by atoms with Crippen molar-refractivity contribution in [2.75, 3.05) is 24.6 Å². The topological polar surface area (TPSA) is 54.5 Å². The smallest absolute Gasteiger partial charge is 0.227 e. The fraction of sp³-hybridized carbons (Fsp3) is 0.429. The number of anilines is 1. The summed E-state index contributed by atoms with van der Waals surface area (Å²) in [4.78, 5) is 19.5. The van der Waals surface area contributed by atoms with Gasteiger partial charge in [-0.25, -0.2) is 4.98 Å². The van der Waals surface area contributed by atoms with E-state index in [4.69, 9.17) is 16.3 Å². The van der Waals surface area contributed by atoms with E-state index in [1.807, 2.05) is 31.3 Å². The summed E-state index contributed by atoms with van der Waals surface area (Å²) in [6, 6.07) is 9.95. The Morgan fingerprint density at radius 1 is 1.26 bits per heavy atom. The Labute approximate surface area is 164 Å². The van der Waals surface area contributed by atoms with E-state index in [1.165, 1.54) is 5.56 Å². The lowest BCUT2D eigenvalue weighted by molar-refractivity contribution is -0.127. The van der Waals surface area contributed by atoms with Crippen LogP contribution >= 0.6 is 11.6 Å². The Balaban J connectivity index is 1.30. The van der Waals surface area contributed by atoms with E-state index < -0.39 is 0 Å². The number of ether oxygens (including phenoxy) is 1. The number of aryl methyl sites for hydroxylation is 1. The van der Waals surface area contributed by atoms with Crippen LogP contribution in [0.15, 0.2) is 36.5 Å². The van der Waals surface area contributed by atoms with E-state index in [1.54, 1.807) is 0 Å². The number of carbonyl (C=O) groups excluding carboxylic acids is 1. The van der Waals surface area contributed by atoms with Crippen LogP contribution < -0.4 is 15.0 Å². The van der Waals surface area contributed by atoms with Crippen LogP contribution in [-0.4, -0.2) is 36.6 Å². The Kier molecular flexibility index (Phi) is 5.21. The van der Waals surface area contributed by atoms with Crippen molar-refractivity contribution in [2.45, 2.75) is 32.2 Å². The summed E-state index contributed by atoms with van der Waals surface area (Å²) in [5.41, 5.74) is 2.17. The van der Waals surface area contributed by atoms with Gasteiger partial charge in [-0.1, -0.05) is 17.7 Å². The molecule has 2 aromatic rings. The van der Waals surface area contributed by atoms with Crippen molar-refractivity contribution in [1.29, 1.82) is 0 Å². The van der Waals surface area contributed by atoms with Crippen molar-refractivity contribution in [1.82, 2.24) is 10.3 Å². The average molecular weight is 386 g/mol.